The lowest BCUT2D eigenvalue weighted by molar-refractivity contribution is -0.126. The lowest BCUT2D eigenvalue weighted by Gasteiger charge is -2.25. The summed E-state index contributed by atoms with van der Waals surface area (Å²) in [6, 6.07) is 5.64. The number of carbonyl (C=O) groups is 1. The molecule has 4 nitrogen and oxygen atoms in total. The molecule has 0 unspecified atom stereocenters. The van der Waals surface area contributed by atoms with Crippen molar-refractivity contribution in [2.45, 2.75) is 13.0 Å². The van der Waals surface area contributed by atoms with Crippen LogP contribution in [0.15, 0.2) is 29.7 Å². The Kier molecular flexibility index (Phi) is 5.11. The van der Waals surface area contributed by atoms with E-state index in [0.29, 0.717) is 23.1 Å². The van der Waals surface area contributed by atoms with Gasteiger partial charge in [-0.1, -0.05) is 11.6 Å². The van der Waals surface area contributed by atoms with Crippen molar-refractivity contribution in [3.63, 3.8) is 0 Å². The number of rotatable bonds is 4. The minimum Gasteiger partial charge on any atom is -0.493 e. The third kappa shape index (κ3) is 3.42. The van der Waals surface area contributed by atoms with E-state index in [-0.39, 0.29) is 5.91 Å². The van der Waals surface area contributed by atoms with Gasteiger partial charge < -0.3 is 14.4 Å². The van der Waals surface area contributed by atoms with Crippen molar-refractivity contribution in [2.75, 3.05) is 20.8 Å². The summed E-state index contributed by atoms with van der Waals surface area (Å²) in [5.74, 6) is 1.03. The monoisotopic (exact) mass is 363 g/mol. The van der Waals surface area contributed by atoms with Crippen LogP contribution in [0.25, 0.3) is 6.08 Å². The lowest BCUT2D eigenvalue weighted by Crippen LogP contribution is -2.34. The minimum atomic E-state index is -0.00208. The smallest absolute Gasteiger partial charge is 0.246 e. The molecule has 1 aliphatic heterocycles. The molecule has 0 radical (unpaired) electrons. The van der Waals surface area contributed by atoms with E-state index in [1.54, 1.807) is 42.7 Å². The Labute approximate surface area is 150 Å². The summed E-state index contributed by atoms with van der Waals surface area (Å²) in [4.78, 5) is 15.7. The van der Waals surface area contributed by atoms with Gasteiger partial charge in [0.1, 0.15) is 0 Å². The van der Waals surface area contributed by atoms with Gasteiger partial charge in [0.25, 0.3) is 0 Å². The standard InChI is InChI=1S/C18H18ClNO3S/c1-22-15-10-12(9-14(19)18(15)23-2)3-4-17(21)20-7-5-16-13(11-20)6-8-24-16/h3-4,6,8-10H,5,7,11H2,1-2H3. The normalized spacial score (nSPS) is 13.9. The maximum atomic E-state index is 12.4. The summed E-state index contributed by atoms with van der Waals surface area (Å²) >= 11 is 7.95. The minimum absolute atomic E-state index is 0.00208. The molecule has 2 aromatic rings. The van der Waals surface area contributed by atoms with Crippen molar-refractivity contribution < 1.29 is 14.3 Å². The van der Waals surface area contributed by atoms with E-state index in [9.17, 15) is 4.79 Å². The van der Waals surface area contributed by atoms with Crippen LogP contribution in [0.5, 0.6) is 11.5 Å². The predicted octanol–water partition coefficient (Wildman–Crippen LogP) is 4.02. The second-order valence-electron chi connectivity index (χ2n) is 5.45. The average Bonchev–Trinajstić information content (AvgIpc) is 3.06. The Morgan fingerprint density at radius 1 is 1.33 bits per heavy atom. The van der Waals surface area contributed by atoms with Gasteiger partial charge in [-0.05, 0) is 47.2 Å². The molecule has 1 aromatic heterocycles. The molecule has 0 atom stereocenters. The number of nitrogens with zero attached hydrogens (tertiary/aromatic N) is 1. The molecule has 0 N–H and O–H groups in total. The van der Waals surface area contributed by atoms with Gasteiger partial charge in [0, 0.05) is 24.0 Å². The fraction of sp³-hybridized carbons (Fsp3) is 0.278. The molecule has 1 aromatic carbocycles. The van der Waals surface area contributed by atoms with Crippen molar-refractivity contribution in [3.8, 4) is 11.5 Å². The first-order valence-electron chi connectivity index (χ1n) is 7.56. The molecule has 0 saturated carbocycles. The van der Waals surface area contributed by atoms with E-state index in [0.717, 1.165) is 18.5 Å². The summed E-state index contributed by atoms with van der Waals surface area (Å²) in [6.45, 7) is 1.43. The third-order valence-electron chi connectivity index (χ3n) is 3.99. The number of benzene rings is 1. The lowest BCUT2D eigenvalue weighted by atomic mass is 10.1. The van der Waals surface area contributed by atoms with Crippen molar-refractivity contribution in [3.05, 3.63) is 50.7 Å². The third-order valence-corrected chi connectivity index (χ3v) is 5.30. The van der Waals surface area contributed by atoms with Gasteiger partial charge in [-0.3, -0.25) is 4.79 Å². The Hall–Kier alpha value is -1.98. The van der Waals surface area contributed by atoms with E-state index in [1.165, 1.54) is 17.6 Å². The van der Waals surface area contributed by atoms with Gasteiger partial charge in [-0.2, -0.15) is 0 Å². The van der Waals surface area contributed by atoms with Crippen LogP contribution in [0.2, 0.25) is 5.02 Å². The molecule has 3 rings (SSSR count). The summed E-state index contributed by atoms with van der Waals surface area (Å²) in [7, 11) is 3.09. The number of fused-ring (bicyclic) bond motifs is 1. The van der Waals surface area contributed by atoms with Gasteiger partial charge in [0.05, 0.1) is 19.2 Å². The fourth-order valence-corrected chi connectivity index (χ4v) is 3.93. The maximum Gasteiger partial charge on any atom is 0.246 e. The van der Waals surface area contributed by atoms with Crippen molar-refractivity contribution in [1.29, 1.82) is 0 Å². The zero-order valence-electron chi connectivity index (χ0n) is 13.5. The number of methoxy groups -OCH3 is 2. The van der Waals surface area contributed by atoms with Gasteiger partial charge in [0.15, 0.2) is 11.5 Å². The number of thiophene rings is 1. The molecule has 1 amide bonds. The van der Waals surface area contributed by atoms with Gasteiger partial charge >= 0.3 is 0 Å². The topological polar surface area (TPSA) is 38.8 Å². The Balaban J connectivity index is 1.74. The molecular weight excluding hydrogens is 346 g/mol. The van der Waals surface area contributed by atoms with Crippen LogP contribution in [0.4, 0.5) is 0 Å². The summed E-state index contributed by atoms with van der Waals surface area (Å²) in [5.41, 5.74) is 2.04. The van der Waals surface area contributed by atoms with Gasteiger partial charge in [-0.15, -0.1) is 11.3 Å². The number of halogens is 1. The summed E-state index contributed by atoms with van der Waals surface area (Å²) in [6.07, 6.45) is 4.25. The molecule has 6 heteroatoms. The van der Waals surface area contributed by atoms with Crippen LogP contribution >= 0.6 is 22.9 Å². The predicted molar refractivity (Wildman–Crippen MR) is 97.0 cm³/mol. The fourth-order valence-electron chi connectivity index (χ4n) is 2.74. The molecule has 2 heterocycles. The van der Waals surface area contributed by atoms with Crippen LogP contribution in [0.1, 0.15) is 16.0 Å². The molecule has 0 spiro atoms. The molecule has 24 heavy (non-hydrogen) atoms. The molecule has 1 aliphatic rings. The summed E-state index contributed by atoms with van der Waals surface area (Å²) in [5, 5.41) is 2.53. The largest absolute Gasteiger partial charge is 0.493 e. The van der Waals surface area contributed by atoms with Gasteiger partial charge in [0.2, 0.25) is 5.91 Å². The highest BCUT2D eigenvalue weighted by molar-refractivity contribution is 7.10. The highest BCUT2D eigenvalue weighted by atomic mass is 35.5. The number of hydrogen-bond donors (Lipinski definition) is 0. The van der Waals surface area contributed by atoms with Crippen LogP contribution in [-0.4, -0.2) is 31.6 Å². The molecular formula is C18H18ClNO3S. The van der Waals surface area contributed by atoms with E-state index < -0.39 is 0 Å². The number of amides is 1. The molecule has 0 aliphatic carbocycles. The first kappa shape index (κ1) is 16.9. The van der Waals surface area contributed by atoms with Crippen molar-refractivity contribution >= 4 is 34.9 Å². The molecule has 0 saturated heterocycles. The molecule has 0 fully saturated rings. The highest BCUT2D eigenvalue weighted by Crippen LogP contribution is 2.36. The second-order valence-corrected chi connectivity index (χ2v) is 6.86. The van der Waals surface area contributed by atoms with Crippen LogP contribution in [-0.2, 0) is 17.8 Å². The van der Waals surface area contributed by atoms with Crippen LogP contribution in [0.3, 0.4) is 0 Å². The first-order valence-corrected chi connectivity index (χ1v) is 8.82. The summed E-state index contributed by atoms with van der Waals surface area (Å²) < 4.78 is 10.5. The van der Waals surface area contributed by atoms with Crippen LogP contribution in [0, 0.1) is 0 Å². The van der Waals surface area contributed by atoms with E-state index in [2.05, 4.69) is 11.4 Å². The van der Waals surface area contributed by atoms with Crippen molar-refractivity contribution in [2.24, 2.45) is 0 Å². The van der Waals surface area contributed by atoms with Gasteiger partial charge in [-0.25, -0.2) is 0 Å². The number of ether oxygens (including phenoxy) is 2. The average molecular weight is 364 g/mol. The SMILES string of the molecule is COc1cc(C=CC(=O)N2CCc3sccc3C2)cc(Cl)c1OC. The maximum absolute atomic E-state index is 12.4. The molecule has 126 valence electrons. The number of carbonyl (C=O) groups excluding carboxylic acids is 1. The van der Waals surface area contributed by atoms with Crippen LogP contribution < -0.4 is 9.47 Å². The zero-order chi connectivity index (χ0) is 17.1. The second kappa shape index (κ2) is 7.28. The Morgan fingerprint density at radius 2 is 2.17 bits per heavy atom. The first-order chi connectivity index (χ1) is 11.6. The molecule has 0 bridgehead atoms. The van der Waals surface area contributed by atoms with E-state index in [1.807, 2.05) is 4.90 Å². The number of hydrogen-bond acceptors (Lipinski definition) is 4. The van der Waals surface area contributed by atoms with E-state index >= 15 is 0 Å². The quantitative estimate of drug-likeness (QED) is 0.770. The Bertz CT molecular complexity index is 785. The highest BCUT2D eigenvalue weighted by Gasteiger charge is 2.19. The zero-order valence-corrected chi connectivity index (χ0v) is 15.1. The van der Waals surface area contributed by atoms with E-state index in [4.69, 9.17) is 21.1 Å². The van der Waals surface area contributed by atoms with Crippen molar-refractivity contribution in [1.82, 2.24) is 4.90 Å². The Morgan fingerprint density at radius 3 is 2.92 bits per heavy atom.